The monoisotopic (exact) mass is 416 g/mol. The van der Waals surface area contributed by atoms with Crippen LogP contribution in [0.4, 0.5) is 5.69 Å². The number of aromatic nitrogens is 3. The molecule has 4 aromatic rings. The summed E-state index contributed by atoms with van der Waals surface area (Å²) in [7, 11) is 0. The number of anilines is 1. The van der Waals surface area contributed by atoms with Gasteiger partial charge < -0.3 is 10.1 Å². The summed E-state index contributed by atoms with van der Waals surface area (Å²) in [6, 6.07) is 7.26. The predicted octanol–water partition coefficient (Wildman–Crippen LogP) is 4.74. The molecule has 27 heavy (non-hydrogen) atoms. The van der Waals surface area contributed by atoms with Crippen molar-refractivity contribution >= 4 is 56.9 Å². The number of rotatable bonds is 6. The molecule has 0 fully saturated rings. The normalized spacial score (nSPS) is 11.3. The lowest BCUT2D eigenvalue weighted by Gasteiger charge is -2.10. The van der Waals surface area contributed by atoms with E-state index in [-0.39, 0.29) is 5.91 Å². The molecule has 3 aromatic heterocycles. The van der Waals surface area contributed by atoms with Crippen molar-refractivity contribution in [3.63, 3.8) is 0 Å². The average Bonchev–Trinajstić information content (AvgIpc) is 3.38. The Balaban J connectivity index is 1.46. The maximum absolute atomic E-state index is 12.3. The number of hydrogen-bond donors (Lipinski definition) is 1. The van der Waals surface area contributed by atoms with Gasteiger partial charge in [0.25, 0.3) is 0 Å². The molecular weight excluding hydrogens is 404 g/mol. The standard InChI is InChI=1S/C18H13ClN4O2S2/c19-17-14(23-7-8-27-18(23)22-17)5-6-16(24)21-13-3-1-2-4-15(13)25-9-12-10-26-11-20-12/h1-8,10-11H,9H2,(H,21,24)/b6-5+. The second-order valence-electron chi connectivity index (χ2n) is 5.43. The number of amides is 1. The van der Waals surface area contributed by atoms with E-state index in [1.807, 2.05) is 33.5 Å². The Labute approximate surface area is 167 Å². The van der Waals surface area contributed by atoms with Crippen molar-refractivity contribution in [2.45, 2.75) is 6.61 Å². The zero-order valence-electron chi connectivity index (χ0n) is 13.8. The number of nitrogens with zero attached hydrogens (tertiary/aromatic N) is 3. The minimum Gasteiger partial charge on any atom is -0.485 e. The highest BCUT2D eigenvalue weighted by molar-refractivity contribution is 7.15. The fourth-order valence-electron chi connectivity index (χ4n) is 2.41. The van der Waals surface area contributed by atoms with Crippen molar-refractivity contribution < 1.29 is 9.53 Å². The number of hydrogen-bond acceptors (Lipinski definition) is 6. The Kier molecular flexibility index (Phi) is 5.19. The van der Waals surface area contributed by atoms with E-state index >= 15 is 0 Å². The minimum absolute atomic E-state index is 0.291. The number of fused-ring (bicyclic) bond motifs is 1. The van der Waals surface area contributed by atoms with E-state index in [4.69, 9.17) is 16.3 Å². The number of halogens is 1. The first-order chi connectivity index (χ1) is 13.2. The van der Waals surface area contributed by atoms with Gasteiger partial charge in [-0.1, -0.05) is 23.7 Å². The van der Waals surface area contributed by atoms with Crippen LogP contribution in [0.5, 0.6) is 5.75 Å². The fourth-order valence-corrected chi connectivity index (χ4v) is 3.96. The predicted molar refractivity (Wildman–Crippen MR) is 109 cm³/mol. The first-order valence-electron chi connectivity index (χ1n) is 7.90. The Morgan fingerprint density at radius 1 is 1.37 bits per heavy atom. The Morgan fingerprint density at radius 2 is 2.26 bits per heavy atom. The molecule has 0 aliphatic rings. The minimum atomic E-state index is -0.291. The highest BCUT2D eigenvalue weighted by atomic mass is 35.5. The lowest BCUT2D eigenvalue weighted by Crippen LogP contribution is -2.09. The SMILES string of the molecule is O=C(/C=C/c1c(Cl)nc2sccn12)Nc1ccccc1OCc1cscn1. The third-order valence-electron chi connectivity index (χ3n) is 3.65. The molecule has 0 saturated carbocycles. The van der Waals surface area contributed by atoms with Gasteiger partial charge in [-0.25, -0.2) is 9.97 Å². The molecule has 0 spiro atoms. The average molecular weight is 417 g/mol. The van der Waals surface area contributed by atoms with Crippen LogP contribution in [0, 0.1) is 0 Å². The molecule has 0 aliphatic carbocycles. The van der Waals surface area contributed by atoms with E-state index in [1.54, 1.807) is 23.7 Å². The zero-order valence-corrected chi connectivity index (χ0v) is 16.2. The molecule has 0 unspecified atom stereocenters. The molecule has 0 atom stereocenters. The lowest BCUT2D eigenvalue weighted by atomic mass is 10.3. The fraction of sp³-hybridized carbons (Fsp3) is 0.0556. The van der Waals surface area contributed by atoms with Crippen LogP contribution in [-0.4, -0.2) is 20.3 Å². The maximum atomic E-state index is 12.3. The van der Waals surface area contributed by atoms with Gasteiger partial charge in [-0.2, -0.15) is 0 Å². The number of carbonyl (C=O) groups is 1. The maximum Gasteiger partial charge on any atom is 0.248 e. The molecule has 0 bridgehead atoms. The molecule has 0 aliphatic heterocycles. The number of thiazole rings is 2. The van der Waals surface area contributed by atoms with E-state index in [0.717, 1.165) is 10.7 Å². The summed E-state index contributed by atoms with van der Waals surface area (Å²) in [6.45, 7) is 0.341. The zero-order chi connectivity index (χ0) is 18.6. The van der Waals surface area contributed by atoms with Crippen molar-refractivity contribution in [2.24, 2.45) is 0 Å². The largest absolute Gasteiger partial charge is 0.485 e. The van der Waals surface area contributed by atoms with Crippen LogP contribution in [0.2, 0.25) is 5.15 Å². The first-order valence-corrected chi connectivity index (χ1v) is 10.1. The molecule has 1 amide bonds. The highest BCUT2D eigenvalue weighted by Crippen LogP contribution is 2.25. The van der Waals surface area contributed by atoms with E-state index < -0.39 is 0 Å². The van der Waals surface area contributed by atoms with E-state index in [0.29, 0.717) is 28.9 Å². The molecule has 3 heterocycles. The molecule has 9 heteroatoms. The van der Waals surface area contributed by atoms with Crippen LogP contribution in [0.1, 0.15) is 11.4 Å². The molecule has 0 saturated heterocycles. The summed E-state index contributed by atoms with van der Waals surface area (Å²) >= 11 is 9.12. The van der Waals surface area contributed by atoms with Gasteiger partial charge in [0.1, 0.15) is 12.4 Å². The highest BCUT2D eigenvalue weighted by Gasteiger charge is 2.10. The Bertz CT molecular complexity index is 1100. The number of imidazole rings is 1. The van der Waals surface area contributed by atoms with Crippen molar-refractivity contribution in [1.82, 2.24) is 14.4 Å². The van der Waals surface area contributed by atoms with Crippen LogP contribution in [-0.2, 0) is 11.4 Å². The van der Waals surface area contributed by atoms with Crippen LogP contribution in [0.25, 0.3) is 11.0 Å². The van der Waals surface area contributed by atoms with Crippen molar-refractivity contribution in [3.8, 4) is 5.75 Å². The molecular formula is C18H13ClN4O2S2. The lowest BCUT2D eigenvalue weighted by molar-refractivity contribution is -0.111. The molecule has 6 nitrogen and oxygen atoms in total. The number of benzene rings is 1. The summed E-state index contributed by atoms with van der Waals surface area (Å²) in [5.74, 6) is 0.288. The van der Waals surface area contributed by atoms with Gasteiger partial charge in [0.2, 0.25) is 5.91 Å². The topological polar surface area (TPSA) is 68.5 Å². The summed E-state index contributed by atoms with van der Waals surface area (Å²) in [5.41, 5.74) is 3.85. The van der Waals surface area contributed by atoms with Gasteiger partial charge in [-0.15, -0.1) is 22.7 Å². The van der Waals surface area contributed by atoms with Gasteiger partial charge in [0.05, 0.1) is 22.6 Å². The second kappa shape index (κ2) is 7.91. The van der Waals surface area contributed by atoms with Gasteiger partial charge in [-0.3, -0.25) is 9.20 Å². The molecule has 136 valence electrons. The quantitative estimate of drug-likeness (QED) is 0.461. The van der Waals surface area contributed by atoms with E-state index in [1.165, 1.54) is 28.7 Å². The van der Waals surface area contributed by atoms with Crippen LogP contribution in [0.3, 0.4) is 0 Å². The summed E-state index contributed by atoms with van der Waals surface area (Å²) in [6.07, 6.45) is 4.92. The van der Waals surface area contributed by atoms with Gasteiger partial charge >= 0.3 is 0 Å². The van der Waals surface area contributed by atoms with Gasteiger partial charge in [-0.05, 0) is 18.2 Å². The van der Waals surface area contributed by atoms with Crippen LogP contribution in [0.15, 0.2) is 52.8 Å². The smallest absolute Gasteiger partial charge is 0.248 e. The van der Waals surface area contributed by atoms with Gasteiger partial charge in [0.15, 0.2) is 10.1 Å². The molecule has 4 rings (SSSR count). The number of para-hydroxylation sites is 2. The van der Waals surface area contributed by atoms with E-state index in [9.17, 15) is 4.79 Å². The summed E-state index contributed by atoms with van der Waals surface area (Å²) in [4.78, 5) is 21.5. The van der Waals surface area contributed by atoms with Crippen molar-refractivity contribution in [2.75, 3.05) is 5.32 Å². The number of carbonyl (C=O) groups excluding carboxylic acids is 1. The summed E-state index contributed by atoms with van der Waals surface area (Å²) in [5, 5.41) is 7.01. The van der Waals surface area contributed by atoms with Gasteiger partial charge in [0, 0.05) is 23.0 Å². The molecule has 0 radical (unpaired) electrons. The Hall–Kier alpha value is -2.68. The van der Waals surface area contributed by atoms with Crippen LogP contribution < -0.4 is 10.1 Å². The third kappa shape index (κ3) is 4.02. The number of ether oxygens (including phenoxy) is 1. The second-order valence-corrected chi connectivity index (χ2v) is 7.38. The third-order valence-corrected chi connectivity index (χ3v) is 5.32. The molecule has 1 aromatic carbocycles. The van der Waals surface area contributed by atoms with Crippen molar-refractivity contribution in [3.05, 3.63) is 69.3 Å². The van der Waals surface area contributed by atoms with Crippen LogP contribution >= 0.6 is 34.3 Å². The Morgan fingerprint density at radius 3 is 3.11 bits per heavy atom. The summed E-state index contributed by atoms with van der Waals surface area (Å²) < 4.78 is 7.61. The van der Waals surface area contributed by atoms with E-state index in [2.05, 4.69) is 15.3 Å². The van der Waals surface area contributed by atoms with Crippen molar-refractivity contribution in [1.29, 1.82) is 0 Å². The molecule has 1 N–H and O–H groups in total. The first kappa shape index (κ1) is 17.7. The number of nitrogens with one attached hydrogen (secondary N) is 1.